The Bertz CT molecular complexity index is 1260. The fraction of sp³-hybridized carbons (Fsp3) is 0.154. The molecule has 0 unspecified atom stereocenters. The van der Waals surface area contributed by atoms with Gasteiger partial charge in [-0.05, 0) is 61.4 Å². The van der Waals surface area contributed by atoms with Crippen molar-refractivity contribution in [3.05, 3.63) is 105 Å². The largest absolute Gasteiger partial charge is 0.494 e. The fourth-order valence-electron chi connectivity index (χ4n) is 3.67. The first-order valence-corrected chi connectivity index (χ1v) is 10.8. The summed E-state index contributed by atoms with van der Waals surface area (Å²) in [7, 11) is 0. The summed E-state index contributed by atoms with van der Waals surface area (Å²) in [4.78, 5) is 38.5. The molecule has 0 aromatic heterocycles. The van der Waals surface area contributed by atoms with Crippen molar-refractivity contribution in [2.24, 2.45) is 0 Å². The minimum Gasteiger partial charge on any atom is -0.494 e. The molecule has 8 nitrogen and oxygen atoms in total. The van der Waals surface area contributed by atoms with Crippen LogP contribution in [-0.2, 0) is 16.1 Å². The van der Waals surface area contributed by atoms with Gasteiger partial charge in [0.15, 0.2) is 0 Å². The molecule has 0 saturated carbocycles. The average Bonchev–Trinajstić information content (AvgIpc) is 3.06. The van der Waals surface area contributed by atoms with Crippen LogP contribution >= 0.6 is 0 Å². The fourth-order valence-corrected chi connectivity index (χ4v) is 3.67. The number of carbonyl (C=O) groups is 2. The van der Waals surface area contributed by atoms with E-state index in [1.165, 1.54) is 29.2 Å². The number of imide groups is 1. The lowest BCUT2D eigenvalue weighted by Crippen LogP contribution is -2.32. The first-order chi connectivity index (χ1) is 16.4. The Morgan fingerprint density at radius 1 is 0.912 bits per heavy atom. The summed E-state index contributed by atoms with van der Waals surface area (Å²) < 4.78 is 5.46. The van der Waals surface area contributed by atoms with Crippen molar-refractivity contribution in [2.45, 2.75) is 20.4 Å². The maximum atomic E-state index is 13.4. The summed E-state index contributed by atoms with van der Waals surface area (Å²) in [6.07, 6.45) is 0. The number of hydrogen-bond acceptors (Lipinski definition) is 6. The number of rotatable bonds is 8. The van der Waals surface area contributed by atoms with E-state index >= 15 is 0 Å². The first kappa shape index (κ1) is 22.7. The van der Waals surface area contributed by atoms with Gasteiger partial charge in [-0.1, -0.05) is 29.8 Å². The Morgan fingerprint density at radius 3 is 2.15 bits per heavy atom. The van der Waals surface area contributed by atoms with E-state index in [0.29, 0.717) is 23.6 Å². The van der Waals surface area contributed by atoms with Crippen molar-refractivity contribution in [3.63, 3.8) is 0 Å². The lowest BCUT2D eigenvalue weighted by molar-refractivity contribution is -0.384. The molecule has 2 amide bonds. The van der Waals surface area contributed by atoms with Gasteiger partial charge < -0.3 is 10.1 Å². The summed E-state index contributed by atoms with van der Waals surface area (Å²) >= 11 is 0. The van der Waals surface area contributed by atoms with Gasteiger partial charge in [0.05, 0.1) is 23.6 Å². The zero-order valence-corrected chi connectivity index (χ0v) is 18.8. The zero-order chi connectivity index (χ0) is 24.2. The smallest absolute Gasteiger partial charge is 0.278 e. The highest BCUT2D eigenvalue weighted by molar-refractivity contribution is 6.36. The number of ether oxygens (including phenoxy) is 1. The Morgan fingerprint density at radius 2 is 1.56 bits per heavy atom. The van der Waals surface area contributed by atoms with Gasteiger partial charge in [-0.2, -0.15) is 0 Å². The third kappa shape index (κ3) is 4.66. The number of nitro groups is 1. The predicted octanol–water partition coefficient (Wildman–Crippen LogP) is 4.69. The topological polar surface area (TPSA) is 102 Å². The monoisotopic (exact) mass is 457 g/mol. The van der Waals surface area contributed by atoms with Gasteiger partial charge in [-0.3, -0.25) is 24.6 Å². The van der Waals surface area contributed by atoms with Crippen LogP contribution < -0.4 is 10.1 Å². The van der Waals surface area contributed by atoms with Crippen molar-refractivity contribution in [1.29, 1.82) is 0 Å². The number of hydrogen-bond donors (Lipinski definition) is 1. The second-order valence-corrected chi connectivity index (χ2v) is 7.82. The van der Waals surface area contributed by atoms with Crippen LogP contribution in [0.3, 0.4) is 0 Å². The highest BCUT2D eigenvalue weighted by atomic mass is 16.6. The number of nitrogens with zero attached hydrogens (tertiary/aromatic N) is 2. The van der Waals surface area contributed by atoms with E-state index in [1.807, 2.05) is 38.1 Å². The summed E-state index contributed by atoms with van der Waals surface area (Å²) in [5.41, 5.74) is 3.11. The van der Waals surface area contributed by atoms with Gasteiger partial charge in [0.2, 0.25) is 0 Å². The van der Waals surface area contributed by atoms with Crippen LogP contribution in [0, 0.1) is 17.0 Å². The van der Waals surface area contributed by atoms with Gasteiger partial charge >= 0.3 is 0 Å². The van der Waals surface area contributed by atoms with E-state index in [1.54, 1.807) is 24.3 Å². The number of nitrogens with one attached hydrogen (secondary N) is 1. The molecule has 0 aliphatic carbocycles. The second kappa shape index (κ2) is 9.58. The first-order valence-electron chi connectivity index (χ1n) is 10.8. The van der Waals surface area contributed by atoms with E-state index in [9.17, 15) is 19.7 Å². The molecule has 1 aliphatic rings. The molecular weight excluding hydrogens is 434 g/mol. The van der Waals surface area contributed by atoms with Crippen LogP contribution in [0.5, 0.6) is 5.75 Å². The lowest BCUT2D eigenvalue weighted by Gasteiger charge is -2.15. The molecule has 8 heteroatoms. The van der Waals surface area contributed by atoms with Gasteiger partial charge in [-0.15, -0.1) is 0 Å². The van der Waals surface area contributed by atoms with Gasteiger partial charge in [0, 0.05) is 17.8 Å². The summed E-state index contributed by atoms with van der Waals surface area (Å²) in [5.74, 6) is -0.242. The molecule has 172 valence electrons. The maximum Gasteiger partial charge on any atom is 0.278 e. The van der Waals surface area contributed by atoms with Crippen LogP contribution in [0.25, 0.3) is 5.57 Å². The van der Waals surface area contributed by atoms with E-state index in [4.69, 9.17) is 4.74 Å². The molecule has 0 fully saturated rings. The Hall–Kier alpha value is -4.46. The minimum absolute atomic E-state index is 0.0985. The third-order valence-electron chi connectivity index (χ3n) is 5.43. The van der Waals surface area contributed by atoms with Crippen molar-refractivity contribution in [2.75, 3.05) is 11.9 Å². The quantitative estimate of drug-likeness (QED) is 0.299. The second-order valence-electron chi connectivity index (χ2n) is 7.82. The molecule has 0 spiro atoms. The summed E-state index contributed by atoms with van der Waals surface area (Å²) in [6, 6.07) is 20.2. The predicted molar refractivity (Wildman–Crippen MR) is 128 cm³/mol. The summed E-state index contributed by atoms with van der Waals surface area (Å²) in [5, 5.41) is 14.1. The van der Waals surface area contributed by atoms with Crippen LogP contribution in [0.15, 0.2) is 78.5 Å². The van der Waals surface area contributed by atoms with Crippen LogP contribution in [0.1, 0.15) is 23.6 Å². The number of nitro benzene ring substituents is 1. The highest BCUT2D eigenvalue weighted by Crippen LogP contribution is 2.32. The minimum atomic E-state index is -0.511. The molecule has 0 radical (unpaired) electrons. The van der Waals surface area contributed by atoms with Crippen molar-refractivity contribution in [3.8, 4) is 5.75 Å². The van der Waals surface area contributed by atoms with Crippen molar-refractivity contribution >= 4 is 28.8 Å². The number of amides is 2. The normalized spacial score (nSPS) is 13.4. The average molecular weight is 457 g/mol. The molecular formula is C26H23N3O5. The molecule has 3 aromatic carbocycles. The standard InChI is InChI=1S/C26H23N3O5/c1-3-34-22-14-10-20(11-15-22)27-24-23(19-8-12-21(13-9-19)29(32)33)25(30)28(26(24)31)16-18-6-4-17(2)5-7-18/h4-15,27H,3,16H2,1-2H3. The van der Waals surface area contributed by atoms with Crippen molar-refractivity contribution < 1.29 is 19.2 Å². The van der Waals surface area contributed by atoms with E-state index in [0.717, 1.165) is 11.1 Å². The zero-order valence-electron chi connectivity index (χ0n) is 18.8. The molecule has 0 bridgehead atoms. The Labute approximate surface area is 196 Å². The maximum absolute atomic E-state index is 13.4. The van der Waals surface area contributed by atoms with Crippen LogP contribution in [0.2, 0.25) is 0 Å². The number of carbonyl (C=O) groups excluding carboxylic acids is 2. The number of aryl methyl sites for hydroxylation is 1. The Kier molecular flexibility index (Phi) is 6.40. The molecule has 34 heavy (non-hydrogen) atoms. The third-order valence-corrected chi connectivity index (χ3v) is 5.43. The molecule has 1 heterocycles. The summed E-state index contributed by atoms with van der Waals surface area (Å²) in [6.45, 7) is 4.49. The van der Waals surface area contributed by atoms with Gasteiger partial charge in [0.1, 0.15) is 11.4 Å². The highest BCUT2D eigenvalue weighted by Gasteiger charge is 2.39. The van der Waals surface area contributed by atoms with Crippen LogP contribution in [0.4, 0.5) is 11.4 Å². The number of non-ortho nitro benzene ring substituents is 1. The van der Waals surface area contributed by atoms with Crippen LogP contribution in [-0.4, -0.2) is 28.2 Å². The molecule has 1 N–H and O–H groups in total. The van der Waals surface area contributed by atoms with Gasteiger partial charge in [0.25, 0.3) is 17.5 Å². The number of anilines is 1. The molecule has 1 aliphatic heterocycles. The SMILES string of the molecule is CCOc1ccc(NC2=C(c3ccc([N+](=O)[O-])cc3)C(=O)N(Cc3ccc(C)cc3)C2=O)cc1. The van der Waals surface area contributed by atoms with E-state index in [2.05, 4.69) is 5.32 Å². The number of benzene rings is 3. The Balaban J connectivity index is 1.70. The molecule has 4 rings (SSSR count). The van der Waals surface area contributed by atoms with Gasteiger partial charge in [-0.25, -0.2) is 0 Å². The molecule has 0 atom stereocenters. The molecule has 3 aromatic rings. The van der Waals surface area contributed by atoms with E-state index in [-0.39, 0.29) is 23.5 Å². The van der Waals surface area contributed by atoms with E-state index < -0.39 is 16.7 Å². The van der Waals surface area contributed by atoms with Crippen molar-refractivity contribution in [1.82, 2.24) is 4.90 Å². The molecule has 0 saturated heterocycles. The lowest BCUT2D eigenvalue weighted by atomic mass is 10.0.